The third kappa shape index (κ3) is 13.5. The summed E-state index contributed by atoms with van der Waals surface area (Å²) in [5, 5.41) is 5.18. The standard InChI is InChI=1S/C19H30N3O8P/c1-18(2,3)29-16(23)21-15(22-17(24)30-19(4,5)6)20-11-13-8-7-9-14(10-13)12-28-31(25,26)27/h7-10H,11-12H2,1-6H3,(H2,25,26,27)(H2,20,21,22,23,24). The zero-order valence-corrected chi connectivity index (χ0v) is 19.4. The molecule has 0 bridgehead atoms. The van der Waals surface area contributed by atoms with E-state index in [1.54, 1.807) is 65.8 Å². The highest BCUT2D eigenvalue weighted by molar-refractivity contribution is 7.46. The van der Waals surface area contributed by atoms with Gasteiger partial charge in [0.2, 0.25) is 5.96 Å². The van der Waals surface area contributed by atoms with Crippen LogP contribution < -0.4 is 10.6 Å². The second-order valence-corrected chi connectivity index (χ2v) is 9.74. The number of phosphoric ester groups is 1. The Morgan fingerprint density at radius 1 is 1.03 bits per heavy atom. The molecule has 0 aliphatic carbocycles. The van der Waals surface area contributed by atoms with Gasteiger partial charge in [-0.25, -0.2) is 14.2 Å². The summed E-state index contributed by atoms with van der Waals surface area (Å²) < 4.78 is 25.6. The first-order valence-corrected chi connectivity index (χ1v) is 10.9. The highest BCUT2D eigenvalue weighted by Gasteiger charge is 2.20. The quantitative estimate of drug-likeness (QED) is 0.295. The normalized spacial score (nSPS) is 12.8. The van der Waals surface area contributed by atoms with Gasteiger partial charge in [-0.05, 0) is 52.7 Å². The molecule has 174 valence electrons. The van der Waals surface area contributed by atoms with Crippen molar-refractivity contribution in [2.45, 2.75) is 65.9 Å². The van der Waals surface area contributed by atoms with Crippen molar-refractivity contribution in [1.29, 1.82) is 0 Å². The van der Waals surface area contributed by atoms with Crippen LogP contribution in [0.4, 0.5) is 9.59 Å². The van der Waals surface area contributed by atoms with E-state index in [-0.39, 0.29) is 19.1 Å². The fourth-order valence-electron chi connectivity index (χ4n) is 2.06. The van der Waals surface area contributed by atoms with Gasteiger partial charge in [0.15, 0.2) is 0 Å². The average molecular weight is 459 g/mol. The van der Waals surface area contributed by atoms with Crippen LogP contribution in [0, 0.1) is 0 Å². The maximum absolute atomic E-state index is 12.1. The Morgan fingerprint density at radius 3 is 2.16 bits per heavy atom. The fourth-order valence-corrected chi connectivity index (χ4v) is 2.38. The number of carbonyl (C=O) groups is 2. The van der Waals surface area contributed by atoms with E-state index >= 15 is 0 Å². The van der Waals surface area contributed by atoms with Crippen LogP contribution >= 0.6 is 7.82 Å². The van der Waals surface area contributed by atoms with Crippen LogP contribution in [-0.2, 0) is 31.7 Å². The first-order valence-electron chi connectivity index (χ1n) is 9.36. The highest BCUT2D eigenvalue weighted by Crippen LogP contribution is 2.36. The number of nitrogens with one attached hydrogen (secondary N) is 2. The molecule has 0 aromatic heterocycles. The Balaban J connectivity index is 2.91. The van der Waals surface area contributed by atoms with Crippen LogP contribution in [0.3, 0.4) is 0 Å². The highest BCUT2D eigenvalue weighted by atomic mass is 31.2. The summed E-state index contributed by atoms with van der Waals surface area (Å²) in [6, 6.07) is 6.67. The Morgan fingerprint density at radius 2 is 1.61 bits per heavy atom. The third-order valence-electron chi connectivity index (χ3n) is 3.07. The number of hydrogen-bond donors (Lipinski definition) is 4. The van der Waals surface area contributed by atoms with E-state index in [9.17, 15) is 14.2 Å². The predicted octanol–water partition coefficient (Wildman–Crippen LogP) is 3.20. The van der Waals surface area contributed by atoms with Crippen LogP contribution in [0.25, 0.3) is 0 Å². The van der Waals surface area contributed by atoms with Crippen molar-refractivity contribution in [2.75, 3.05) is 0 Å². The smallest absolute Gasteiger partial charge is 0.444 e. The van der Waals surface area contributed by atoms with Crippen molar-refractivity contribution >= 4 is 26.0 Å². The van der Waals surface area contributed by atoms with Gasteiger partial charge in [0.25, 0.3) is 0 Å². The van der Waals surface area contributed by atoms with Gasteiger partial charge in [-0.3, -0.25) is 9.84 Å². The van der Waals surface area contributed by atoms with E-state index in [2.05, 4.69) is 20.1 Å². The molecule has 0 aliphatic heterocycles. The molecule has 0 aliphatic rings. The van der Waals surface area contributed by atoms with Gasteiger partial charge in [0.05, 0.1) is 6.61 Å². The number of carbonyl (C=O) groups excluding carboxylic acids is 2. The molecule has 31 heavy (non-hydrogen) atoms. The minimum absolute atomic E-state index is 0.126. The summed E-state index contributed by atoms with van der Waals surface area (Å²) in [4.78, 5) is 45.5. The number of rotatable bonds is 5. The summed E-state index contributed by atoms with van der Waals surface area (Å²) in [5.41, 5.74) is -0.331. The lowest BCUT2D eigenvalue weighted by molar-refractivity contribution is 0.0560. The van der Waals surface area contributed by atoms with Gasteiger partial charge < -0.3 is 24.6 Å². The van der Waals surface area contributed by atoms with Crippen LogP contribution in [0.2, 0.25) is 0 Å². The van der Waals surface area contributed by atoms with E-state index in [0.717, 1.165) is 0 Å². The van der Waals surface area contributed by atoms with Crippen molar-refractivity contribution in [3.8, 4) is 0 Å². The number of hydrogen-bond acceptors (Lipinski definition) is 6. The van der Waals surface area contributed by atoms with Gasteiger partial charge in [-0.1, -0.05) is 24.3 Å². The van der Waals surface area contributed by atoms with Crippen molar-refractivity contribution in [3.05, 3.63) is 35.4 Å². The molecule has 0 saturated carbocycles. The number of alkyl carbamates (subject to hydrolysis) is 1. The van der Waals surface area contributed by atoms with Crippen LogP contribution in [0.5, 0.6) is 0 Å². The largest absolute Gasteiger partial charge is 0.469 e. The first kappa shape index (κ1) is 26.6. The second kappa shape index (κ2) is 10.7. The van der Waals surface area contributed by atoms with Crippen LogP contribution in [0.1, 0.15) is 52.7 Å². The Bertz CT molecular complexity index is 852. The number of benzene rings is 1. The number of guanidine groups is 1. The van der Waals surface area contributed by atoms with E-state index in [0.29, 0.717) is 11.1 Å². The topological polar surface area (TPSA) is 156 Å². The van der Waals surface area contributed by atoms with Crippen LogP contribution in [-0.4, -0.2) is 39.1 Å². The summed E-state index contributed by atoms with van der Waals surface area (Å²) in [6.07, 6.45) is -1.72. The third-order valence-corrected chi connectivity index (χ3v) is 3.53. The number of phosphoric acid groups is 1. The van der Waals surface area contributed by atoms with Crippen LogP contribution in [0.15, 0.2) is 29.3 Å². The van der Waals surface area contributed by atoms with Gasteiger partial charge >= 0.3 is 20.0 Å². The zero-order valence-electron chi connectivity index (χ0n) is 18.5. The van der Waals surface area contributed by atoms with E-state index in [4.69, 9.17) is 19.3 Å². The molecule has 0 unspecified atom stereocenters. The first-order chi connectivity index (χ1) is 14.0. The summed E-state index contributed by atoms with van der Waals surface area (Å²) in [6.45, 7) is 9.95. The molecule has 1 aromatic carbocycles. The number of ether oxygens (including phenoxy) is 2. The number of amides is 2. The molecule has 0 saturated heterocycles. The van der Waals surface area contributed by atoms with Gasteiger partial charge in [-0.2, -0.15) is 0 Å². The molecular formula is C19H30N3O8P. The SMILES string of the molecule is CC(C)(C)OC(=O)N=C(NCc1cccc(COP(=O)(O)O)c1)NC(=O)OC(C)(C)C. The molecular weight excluding hydrogens is 429 g/mol. The molecule has 0 fully saturated rings. The Kier molecular flexibility index (Phi) is 9.19. The van der Waals surface area contributed by atoms with Gasteiger partial charge in [0.1, 0.15) is 11.2 Å². The van der Waals surface area contributed by atoms with Gasteiger partial charge in [0, 0.05) is 6.54 Å². The number of nitrogens with zero attached hydrogens (tertiary/aromatic N) is 1. The molecule has 2 amide bonds. The molecule has 1 rings (SSSR count). The van der Waals surface area contributed by atoms with Crippen molar-refractivity contribution in [2.24, 2.45) is 4.99 Å². The zero-order chi connectivity index (χ0) is 23.9. The molecule has 4 N–H and O–H groups in total. The maximum atomic E-state index is 12.1. The fraction of sp³-hybridized carbons (Fsp3) is 0.526. The molecule has 0 atom stereocenters. The maximum Gasteiger partial charge on any atom is 0.469 e. The van der Waals surface area contributed by atoms with Crippen molar-refractivity contribution in [1.82, 2.24) is 10.6 Å². The number of aliphatic imine (C=N–C) groups is 1. The summed E-state index contributed by atoms with van der Waals surface area (Å²) in [7, 11) is -4.59. The minimum Gasteiger partial charge on any atom is -0.444 e. The van der Waals surface area contributed by atoms with E-state index in [1.807, 2.05) is 0 Å². The minimum atomic E-state index is -4.59. The second-order valence-electron chi connectivity index (χ2n) is 8.51. The van der Waals surface area contributed by atoms with Gasteiger partial charge in [-0.15, -0.1) is 4.99 Å². The molecule has 0 spiro atoms. The molecule has 11 nitrogen and oxygen atoms in total. The lowest BCUT2D eigenvalue weighted by Gasteiger charge is -2.21. The summed E-state index contributed by atoms with van der Waals surface area (Å²) in [5.74, 6) is -0.180. The summed E-state index contributed by atoms with van der Waals surface area (Å²) >= 11 is 0. The lowest BCUT2D eigenvalue weighted by atomic mass is 10.1. The Hall–Kier alpha value is -2.46. The van der Waals surface area contributed by atoms with Crippen molar-refractivity contribution in [3.63, 3.8) is 0 Å². The molecule has 0 radical (unpaired) electrons. The van der Waals surface area contributed by atoms with E-state index in [1.165, 1.54) is 0 Å². The Labute approximate surface area is 181 Å². The van der Waals surface area contributed by atoms with Crippen molar-refractivity contribution < 1.29 is 37.9 Å². The molecule has 0 heterocycles. The average Bonchev–Trinajstić information content (AvgIpc) is 2.54. The van der Waals surface area contributed by atoms with E-state index < -0.39 is 31.2 Å². The molecule has 1 aromatic rings. The monoisotopic (exact) mass is 459 g/mol. The lowest BCUT2D eigenvalue weighted by Crippen LogP contribution is -2.44. The predicted molar refractivity (Wildman–Crippen MR) is 113 cm³/mol. The molecule has 12 heteroatoms.